The number of carbonyl (C=O) groups is 1. The summed E-state index contributed by atoms with van der Waals surface area (Å²) in [5.74, 6) is 0.859. The van der Waals surface area contributed by atoms with Crippen LogP contribution in [0.4, 0.5) is 16.5 Å². The van der Waals surface area contributed by atoms with E-state index in [4.69, 9.17) is 4.74 Å². The van der Waals surface area contributed by atoms with Crippen LogP contribution in [0.5, 0.6) is 5.75 Å². The molecule has 1 amide bonds. The van der Waals surface area contributed by atoms with Crippen LogP contribution in [-0.4, -0.2) is 29.0 Å². The molecule has 0 unspecified atom stereocenters. The first-order valence-electron chi connectivity index (χ1n) is 8.42. The minimum atomic E-state index is -0.104. The molecular formula is C19H20N4O2S2. The van der Waals surface area contributed by atoms with Crippen LogP contribution in [0.3, 0.4) is 0 Å². The molecule has 3 rings (SSSR count). The van der Waals surface area contributed by atoms with Gasteiger partial charge in [0.2, 0.25) is 11.0 Å². The fraction of sp³-hybridized carbons (Fsp3) is 0.211. The number of aromatic nitrogens is 2. The van der Waals surface area contributed by atoms with E-state index in [2.05, 4.69) is 39.9 Å². The van der Waals surface area contributed by atoms with Gasteiger partial charge in [0.15, 0.2) is 4.34 Å². The maximum Gasteiger partial charge on any atom is 0.234 e. The Balaban J connectivity index is 1.50. The predicted octanol–water partition coefficient (Wildman–Crippen LogP) is 4.58. The lowest BCUT2D eigenvalue weighted by Gasteiger charge is -2.06. The molecule has 27 heavy (non-hydrogen) atoms. The number of ether oxygens (including phenoxy) is 1. The maximum atomic E-state index is 12.1. The van der Waals surface area contributed by atoms with E-state index in [1.807, 2.05) is 30.3 Å². The van der Waals surface area contributed by atoms with Crippen LogP contribution in [0.15, 0.2) is 52.9 Å². The van der Waals surface area contributed by atoms with Crippen molar-refractivity contribution in [3.63, 3.8) is 0 Å². The van der Waals surface area contributed by atoms with Crippen LogP contribution in [0.1, 0.15) is 12.5 Å². The van der Waals surface area contributed by atoms with Crippen molar-refractivity contribution in [2.75, 3.05) is 23.5 Å². The van der Waals surface area contributed by atoms with Crippen molar-refractivity contribution in [3.05, 3.63) is 54.1 Å². The molecule has 0 fully saturated rings. The molecule has 6 nitrogen and oxygen atoms in total. The molecule has 8 heteroatoms. The van der Waals surface area contributed by atoms with E-state index in [1.165, 1.54) is 28.7 Å². The smallest absolute Gasteiger partial charge is 0.234 e. The third kappa shape index (κ3) is 5.70. The van der Waals surface area contributed by atoms with Crippen LogP contribution in [0.2, 0.25) is 0 Å². The number of benzene rings is 2. The molecule has 0 aliphatic heterocycles. The fourth-order valence-electron chi connectivity index (χ4n) is 2.29. The van der Waals surface area contributed by atoms with Crippen molar-refractivity contribution in [1.82, 2.24) is 10.2 Å². The normalized spacial score (nSPS) is 10.4. The van der Waals surface area contributed by atoms with Crippen molar-refractivity contribution in [2.24, 2.45) is 0 Å². The molecule has 140 valence electrons. The number of methoxy groups -OCH3 is 1. The Hall–Kier alpha value is -2.58. The van der Waals surface area contributed by atoms with Gasteiger partial charge in [-0.3, -0.25) is 4.79 Å². The Bertz CT molecular complexity index is 897. The van der Waals surface area contributed by atoms with Crippen LogP contribution in [-0.2, 0) is 11.2 Å². The summed E-state index contributed by atoms with van der Waals surface area (Å²) < 4.78 is 5.89. The summed E-state index contributed by atoms with van der Waals surface area (Å²) in [5, 5.41) is 15.0. The van der Waals surface area contributed by atoms with Gasteiger partial charge >= 0.3 is 0 Å². The molecule has 0 aliphatic rings. The number of nitrogens with zero attached hydrogens (tertiary/aromatic N) is 2. The number of rotatable bonds is 8. The fourth-order valence-corrected chi connectivity index (χ4v) is 3.86. The zero-order valence-electron chi connectivity index (χ0n) is 15.1. The Morgan fingerprint density at radius 1 is 1.15 bits per heavy atom. The van der Waals surface area contributed by atoms with E-state index in [0.29, 0.717) is 16.6 Å². The van der Waals surface area contributed by atoms with Gasteiger partial charge in [-0.05, 0) is 36.2 Å². The summed E-state index contributed by atoms with van der Waals surface area (Å²) >= 11 is 2.78. The molecule has 0 saturated carbocycles. The van der Waals surface area contributed by atoms with E-state index in [9.17, 15) is 4.79 Å². The lowest BCUT2D eigenvalue weighted by molar-refractivity contribution is -0.113. The van der Waals surface area contributed by atoms with Gasteiger partial charge in [-0.25, -0.2) is 0 Å². The van der Waals surface area contributed by atoms with Crippen molar-refractivity contribution < 1.29 is 9.53 Å². The average Bonchev–Trinajstić information content (AvgIpc) is 3.14. The molecule has 3 aromatic rings. The molecule has 0 saturated heterocycles. The highest BCUT2D eigenvalue weighted by Gasteiger charge is 2.09. The van der Waals surface area contributed by atoms with E-state index in [0.717, 1.165) is 16.4 Å². The lowest BCUT2D eigenvalue weighted by Crippen LogP contribution is -2.13. The van der Waals surface area contributed by atoms with Crippen LogP contribution in [0, 0.1) is 0 Å². The SMILES string of the molecule is CCc1ccc(Nc2nnc(SCC(=O)Nc3cccc(OC)c3)s2)cc1. The van der Waals surface area contributed by atoms with Gasteiger partial charge in [0.25, 0.3) is 0 Å². The summed E-state index contributed by atoms with van der Waals surface area (Å²) in [6.45, 7) is 2.13. The quantitative estimate of drug-likeness (QED) is 0.539. The number of carbonyl (C=O) groups excluding carboxylic acids is 1. The number of anilines is 3. The zero-order valence-corrected chi connectivity index (χ0v) is 16.7. The highest BCUT2D eigenvalue weighted by atomic mass is 32.2. The van der Waals surface area contributed by atoms with Crippen molar-refractivity contribution in [2.45, 2.75) is 17.7 Å². The third-order valence-electron chi connectivity index (χ3n) is 3.70. The minimum absolute atomic E-state index is 0.104. The summed E-state index contributed by atoms with van der Waals surface area (Å²) in [4.78, 5) is 12.1. The first-order chi connectivity index (χ1) is 13.2. The van der Waals surface area contributed by atoms with E-state index >= 15 is 0 Å². The Kier molecular flexibility index (Phi) is 6.67. The number of hydrogen-bond acceptors (Lipinski definition) is 7. The first kappa shape index (κ1) is 19.2. The Labute approximate surface area is 166 Å². The molecular weight excluding hydrogens is 380 g/mol. The van der Waals surface area contributed by atoms with Crippen LogP contribution < -0.4 is 15.4 Å². The summed E-state index contributed by atoms with van der Waals surface area (Å²) in [7, 11) is 1.59. The Morgan fingerprint density at radius 3 is 2.70 bits per heavy atom. The van der Waals surface area contributed by atoms with Gasteiger partial charge in [-0.2, -0.15) is 0 Å². The van der Waals surface area contributed by atoms with Gasteiger partial charge in [0.05, 0.1) is 12.9 Å². The monoisotopic (exact) mass is 400 g/mol. The molecule has 0 aliphatic carbocycles. The number of thioether (sulfide) groups is 1. The molecule has 1 aromatic heterocycles. The van der Waals surface area contributed by atoms with Gasteiger partial charge in [0.1, 0.15) is 5.75 Å². The lowest BCUT2D eigenvalue weighted by atomic mass is 10.1. The highest BCUT2D eigenvalue weighted by molar-refractivity contribution is 8.01. The van der Waals surface area contributed by atoms with Gasteiger partial charge in [0, 0.05) is 17.4 Å². The van der Waals surface area contributed by atoms with Gasteiger partial charge in [-0.1, -0.05) is 48.2 Å². The zero-order chi connectivity index (χ0) is 19.1. The summed E-state index contributed by atoms with van der Waals surface area (Å²) in [6.07, 6.45) is 1.01. The average molecular weight is 401 g/mol. The van der Waals surface area contributed by atoms with E-state index < -0.39 is 0 Å². The maximum absolute atomic E-state index is 12.1. The molecule has 2 aromatic carbocycles. The second-order valence-corrected chi connectivity index (χ2v) is 7.82. The van der Waals surface area contributed by atoms with Crippen molar-refractivity contribution in [1.29, 1.82) is 0 Å². The summed E-state index contributed by atoms with van der Waals surface area (Å²) in [6, 6.07) is 15.5. The van der Waals surface area contributed by atoms with Crippen LogP contribution in [0.25, 0.3) is 0 Å². The highest BCUT2D eigenvalue weighted by Crippen LogP contribution is 2.28. The first-order valence-corrected chi connectivity index (χ1v) is 10.2. The number of nitrogens with one attached hydrogen (secondary N) is 2. The second kappa shape index (κ2) is 9.38. The number of hydrogen-bond donors (Lipinski definition) is 2. The van der Waals surface area contributed by atoms with Gasteiger partial charge < -0.3 is 15.4 Å². The third-order valence-corrected chi connectivity index (χ3v) is 5.67. The molecule has 2 N–H and O–H groups in total. The van der Waals surface area contributed by atoms with E-state index in [1.54, 1.807) is 13.2 Å². The molecule has 0 radical (unpaired) electrons. The van der Waals surface area contributed by atoms with Crippen LogP contribution >= 0.6 is 23.1 Å². The van der Waals surface area contributed by atoms with Crippen molar-refractivity contribution >= 4 is 45.5 Å². The largest absolute Gasteiger partial charge is 0.497 e. The summed E-state index contributed by atoms with van der Waals surface area (Å²) in [5.41, 5.74) is 2.96. The number of amides is 1. The van der Waals surface area contributed by atoms with Crippen molar-refractivity contribution in [3.8, 4) is 5.75 Å². The predicted molar refractivity (Wildman–Crippen MR) is 111 cm³/mol. The topological polar surface area (TPSA) is 76.1 Å². The molecule has 0 spiro atoms. The standard InChI is InChI=1S/C19H20N4O2S2/c1-3-13-7-9-14(10-8-13)21-18-22-23-19(27-18)26-12-17(24)20-15-5-4-6-16(11-15)25-2/h4-11H,3,12H2,1-2H3,(H,20,24)(H,21,22). The number of aryl methyl sites for hydroxylation is 1. The van der Waals surface area contributed by atoms with Gasteiger partial charge in [-0.15, -0.1) is 10.2 Å². The molecule has 0 atom stereocenters. The molecule has 0 bridgehead atoms. The molecule has 1 heterocycles. The van der Waals surface area contributed by atoms with E-state index in [-0.39, 0.29) is 11.7 Å². The Morgan fingerprint density at radius 2 is 1.96 bits per heavy atom. The second-order valence-electron chi connectivity index (χ2n) is 5.62. The minimum Gasteiger partial charge on any atom is -0.497 e.